The molecule has 164 valence electrons. The minimum atomic E-state index is -0.542. The number of aromatic nitrogens is 1. The number of para-hydroxylation sites is 2. The first-order valence-electron chi connectivity index (χ1n) is 11.2. The van der Waals surface area contributed by atoms with Gasteiger partial charge in [0.1, 0.15) is 5.38 Å². The van der Waals surface area contributed by atoms with Crippen molar-refractivity contribution in [3.63, 3.8) is 0 Å². The summed E-state index contributed by atoms with van der Waals surface area (Å²) in [7, 11) is 0. The number of benzene rings is 4. The van der Waals surface area contributed by atoms with E-state index in [1.807, 2.05) is 43.3 Å². The molecule has 1 heterocycles. The third-order valence-corrected chi connectivity index (χ3v) is 6.20. The Morgan fingerprint density at radius 3 is 1.94 bits per heavy atom. The van der Waals surface area contributed by atoms with Crippen molar-refractivity contribution < 1.29 is 0 Å². The molecule has 0 aliphatic carbocycles. The molecule has 0 fully saturated rings. The lowest BCUT2D eigenvalue weighted by Gasteiger charge is -2.11. The number of halogens is 1. The van der Waals surface area contributed by atoms with E-state index < -0.39 is 5.38 Å². The molecule has 4 aromatic carbocycles. The first-order chi connectivity index (χ1) is 16.7. The molecule has 2 nitrogen and oxygen atoms in total. The van der Waals surface area contributed by atoms with Crippen molar-refractivity contribution in [2.24, 2.45) is 4.99 Å². The van der Waals surface area contributed by atoms with Gasteiger partial charge in [0.2, 0.25) is 0 Å². The van der Waals surface area contributed by atoms with Crippen LogP contribution in [-0.4, -0.2) is 15.7 Å². The number of rotatable bonds is 5. The Balaban J connectivity index is 1.60. The molecule has 0 saturated heterocycles. The molecule has 3 heteroatoms. The van der Waals surface area contributed by atoms with Crippen LogP contribution in [0, 0.1) is 12.3 Å². The number of terminal acetylenes is 1. The Morgan fingerprint density at radius 2 is 1.35 bits per heavy atom. The summed E-state index contributed by atoms with van der Waals surface area (Å²) in [6, 6.07) is 35.5. The minimum absolute atomic E-state index is 0.542. The third-order valence-electron chi connectivity index (χ3n) is 5.94. The van der Waals surface area contributed by atoms with Crippen molar-refractivity contribution in [2.75, 3.05) is 0 Å². The van der Waals surface area contributed by atoms with Gasteiger partial charge in [-0.1, -0.05) is 84.8 Å². The topological polar surface area (TPSA) is 17.3 Å². The van der Waals surface area contributed by atoms with Crippen molar-refractivity contribution in [1.82, 2.24) is 4.57 Å². The molecule has 0 saturated carbocycles. The number of nitrogens with zero attached hydrogens (tertiary/aromatic N) is 2. The minimum Gasteiger partial charge on any atom is -0.309 e. The Labute approximate surface area is 204 Å². The molecular weight excluding hydrogens is 436 g/mol. The van der Waals surface area contributed by atoms with Crippen LogP contribution in [-0.2, 0) is 0 Å². The van der Waals surface area contributed by atoms with Crippen molar-refractivity contribution >= 4 is 44.8 Å². The Hall–Kier alpha value is -4.06. The van der Waals surface area contributed by atoms with Crippen LogP contribution in [0.2, 0.25) is 0 Å². The van der Waals surface area contributed by atoms with Crippen LogP contribution in [0.1, 0.15) is 18.1 Å². The highest BCUT2D eigenvalue weighted by molar-refractivity contribution is 6.24. The van der Waals surface area contributed by atoms with Gasteiger partial charge in [-0.05, 0) is 42.8 Å². The van der Waals surface area contributed by atoms with Crippen LogP contribution in [0.15, 0.2) is 114 Å². The van der Waals surface area contributed by atoms with Crippen LogP contribution in [0.5, 0.6) is 0 Å². The number of allylic oxidation sites excluding steroid dienone is 1. The van der Waals surface area contributed by atoms with E-state index in [2.05, 4.69) is 83.3 Å². The first-order valence-corrected chi connectivity index (χ1v) is 11.6. The van der Waals surface area contributed by atoms with E-state index in [9.17, 15) is 0 Å². The number of fused-ring (bicyclic) bond motifs is 3. The quantitative estimate of drug-likeness (QED) is 0.145. The monoisotopic (exact) mass is 458 g/mol. The molecule has 1 atom stereocenters. The van der Waals surface area contributed by atoms with Crippen molar-refractivity contribution in [1.29, 1.82) is 0 Å². The summed E-state index contributed by atoms with van der Waals surface area (Å²) in [6.45, 7) is 1.99. The molecule has 0 amide bonds. The van der Waals surface area contributed by atoms with Gasteiger partial charge in [-0.2, -0.15) is 0 Å². The van der Waals surface area contributed by atoms with Gasteiger partial charge >= 0.3 is 0 Å². The fraction of sp³-hybridized carbons (Fsp3) is 0.0645. The molecule has 5 rings (SSSR count). The summed E-state index contributed by atoms with van der Waals surface area (Å²) < 4.78 is 2.29. The zero-order chi connectivity index (χ0) is 23.5. The lowest BCUT2D eigenvalue weighted by molar-refractivity contribution is 1.18. The largest absolute Gasteiger partial charge is 0.309 e. The lowest BCUT2D eigenvalue weighted by atomic mass is 10.1. The first kappa shape index (κ1) is 21.8. The van der Waals surface area contributed by atoms with Crippen molar-refractivity contribution in [3.05, 3.63) is 120 Å². The van der Waals surface area contributed by atoms with Gasteiger partial charge in [0.25, 0.3) is 0 Å². The highest BCUT2D eigenvalue weighted by Crippen LogP contribution is 2.32. The fourth-order valence-electron chi connectivity index (χ4n) is 4.29. The third kappa shape index (κ3) is 4.15. The average Bonchev–Trinajstić information content (AvgIpc) is 3.23. The fourth-order valence-corrected chi connectivity index (χ4v) is 4.41. The Bertz CT molecular complexity index is 1510. The van der Waals surface area contributed by atoms with E-state index in [0.29, 0.717) is 0 Å². The molecule has 0 N–H and O–H groups in total. The van der Waals surface area contributed by atoms with E-state index in [0.717, 1.165) is 28.2 Å². The summed E-state index contributed by atoms with van der Waals surface area (Å²) in [4.78, 5) is 4.89. The summed E-state index contributed by atoms with van der Waals surface area (Å²) >= 11 is 6.30. The summed E-state index contributed by atoms with van der Waals surface area (Å²) in [5.74, 6) is 2.57. The van der Waals surface area contributed by atoms with Crippen LogP contribution in [0.4, 0.5) is 0 Å². The predicted molar refractivity (Wildman–Crippen MR) is 146 cm³/mol. The second kappa shape index (κ2) is 9.43. The molecular formula is C31H23ClN2. The highest BCUT2D eigenvalue weighted by atomic mass is 35.5. The molecule has 34 heavy (non-hydrogen) atoms. The van der Waals surface area contributed by atoms with Gasteiger partial charge in [-0.3, -0.25) is 4.99 Å². The maximum absolute atomic E-state index is 6.30. The number of hydrogen-bond acceptors (Lipinski definition) is 1. The number of aliphatic imine (C=N–C) groups is 1. The molecule has 5 aromatic rings. The smallest absolute Gasteiger partial charge is 0.114 e. The molecule has 0 bridgehead atoms. The summed E-state index contributed by atoms with van der Waals surface area (Å²) in [5.41, 5.74) is 7.12. The standard InChI is InChI=1S/C31H23ClN2/c1-3-25(32)21-29(33-22(2)23-11-5-4-6-12-23)24-17-19-26(20-18-24)34-30-15-9-7-13-27(30)28-14-8-10-16-31(28)34/h1,4-21,25H,2H3/b29-21-,33-22?. The predicted octanol–water partition coefficient (Wildman–Crippen LogP) is 7.87. The van der Waals surface area contributed by atoms with Gasteiger partial charge in [0.05, 0.1) is 16.7 Å². The SMILES string of the molecule is C#CC(Cl)/C=C(\N=C(C)c1ccccc1)c1ccc(-n2c3ccccc3c3ccccc32)cc1. The maximum atomic E-state index is 6.30. The summed E-state index contributed by atoms with van der Waals surface area (Å²) in [5, 5.41) is 1.94. The van der Waals surface area contributed by atoms with E-state index in [-0.39, 0.29) is 0 Å². The maximum Gasteiger partial charge on any atom is 0.114 e. The van der Waals surface area contributed by atoms with Crippen LogP contribution in [0.25, 0.3) is 33.2 Å². The average molecular weight is 459 g/mol. The van der Waals surface area contributed by atoms with Gasteiger partial charge in [-0.15, -0.1) is 18.0 Å². The second-order valence-corrected chi connectivity index (χ2v) is 8.57. The van der Waals surface area contributed by atoms with Crippen molar-refractivity contribution in [3.8, 4) is 18.0 Å². The molecule has 0 aliphatic heterocycles. The van der Waals surface area contributed by atoms with Gasteiger partial charge in [-0.25, -0.2) is 0 Å². The van der Waals surface area contributed by atoms with E-state index >= 15 is 0 Å². The Morgan fingerprint density at radius 1 is 0.794 bits per heavy atom. The molecule has 0 radical (unpaired) electrons. The molecule has 1 unspecified atom stereocenters. The Kier molecular flexibility index (Phi) is 6.04. The zero-order valence-corrected chi connectivity index (χ0v) is 19.6. The molecule has 0 aliphatic rings. The zero-order valence-electron chi connectivity index (χ0n) is 18.8. The normalized spacial score (nSPS) is 13.2. The van der Waals surface area contributed by atoms with E-state index in [1.54, 1.807) is 0 Å². The van der Waals surface area contributed by atoms with Gasteiger partial charge in [0.15, 0.2) is 0 Å². The molecule has 0 spiro atoms. The lowest BCUT2D eigenvalue weighted by Crippen LogP contribution is -1.98. The van der Waals surface area contributed by atoms with Crippen molar-refractivity contribution in [2.45, 2.75) is 12.3 Å². The second-order valence-electron chi connectivity index (χ2n) is 8.10. The van der Waals surface area contributed by atoms with Gasteiger partial charge < -0.3 is 4.57 Å². The summed E-state index contributed by atoms with van der Waals surface area (Å²) in [6.07, 6.45) is 7.38. The van der Waals surface area contributed by atoms with Gasteiger partial charge in [0, 0.05) is 27.7 Å². The van der Waals surface area contributed by atoms with E-state index in [4.69, 9.17) is 23.0 Å². The highest BCUT2D eigenvalue weighted by Gasteiger charge is 2.12. The van der Waals surface area contributed by atoms with E-state index in [1.165, 1.54) is 21.8 Å². The van der Waals surface area contributed by atoms with Crippen LogP contribution in [0.3, 0.4) is 0 Å². The van der Waals surface area contributed by atoms with Crippen LogP contribution >= 0.6 is 11.6 Å². The number of hydrogen-bond donors (Lipinski definition) is 0. The van der Waals surface area contributed by atoms with Crippen LogP contribution < -0.4 is 0 Å². The number of alkyl halides is 1. The molecule has 1 aromatic heterocycles.